The van der Waals surface area contributed by atoms with Crippen LogP contribution in [0, 0.1) is 0 Å². The Morgan fingerprint density at radius 2 is 1.88 bits per heavy atom. The molecular weight excluding hydrogens is 316 g/mol. The van der Waals surface area contributed by atoms with Gasteiger partial charge in [0, 0.05) is 36.6 Å². The first-order valence-corrected chi connectivity index (χ1v) is 8.49. The predicted molar refractivity (Wildman–Crippen MR) is 97.7 cm³/mol. The number of hydrogen-bond donors (Lipinski definition) is 2. The quantitative estimate of drug-likeness (QED) is 0.746. The lowest BCUT2D eigenvalue weighted by Crippen LogP contribution is -2.55. The summed E-state index contributed by atoms with van der Waals surface area (Å²) in [5.74, 6) is 1.12. The number of benzene rings is 1. The van der Waals surface area contributed by atoms with Crippen molar-refractivity contribution in [2.24, 2.45) is 0 Å². The summed E-state index contributed by atoms with van der Waals surface area (Å²) in [6, 6.07) is 8.06. The van der Waals surface area contributed by atoms with Crippen LogP contribution in [0.5, 0.6) is 5.75 Å². The number of nitrogens with zero attached hydrogens (tertiary/aromatic N) is 5. The van der Waals surface area contributed by atoms with Crippen LogP contribution in [0.1, 0.15) is 13.8 Å². The van der Waals surface area contributed by atoms with Crippen LogP contribution in [-0.4, -0.2) is 62.4 Å². The number of nitrogens with one attached hydrogen (secondary N) is 1. The molecule has 0 amide bonds. The molecule has 2 atom stereocenters. The number of aromatic nitrogens is 4. The van der Waals surface area contributed by atoms with Crippen molar-refractivity contribution in [1.29, 1.82) is 0 Å². The van der Waals surface area contributed by atoms with Crippen LogP contribution in [0.4, 0.5) is 5.82 Å². The fourth-order valence-corrected chi connectivity index (χ4v) is 3.44. The molecule has 7 heteroatoms. The van der Waals surface area contributed by atoms with Gasteiger partial charge in [-0.05, 0) is 39.1 Å². The first kappa shape index (κ1) is 15.8. The van der Waals surface area contributed by atoms with E-state index in [9.17, 15) is 5.11 Å². The van der Waals surface area contributed by atoms with Crippen molar-refractivity contribution in [1.82, 2.24) is 25.1 Å². The molecule has 130 valence electrons. The number of aromatic amines is 1. The summed E-state index contributed by atoms with van der Waals surface area (Å²) in [5.41, 5.74) is 2.35. The Morgan fingerprint density at radius 1 is 1.12 bits per heavy atom. The summed E-state index contributed by atoms with van der Waals surface area (Å²) in [6.07, 6.45) is 1.58. The summed E-state index contributed by atoms with van der Waals surface area (Å²) >= 11 is 0. The fourth-order valence-electron chi connectivity index (χ4n) is 3.44. The van der Waals surface area contributed by atoms with E-state index in [4.69, 9.17) is 0 Å². The number of piperazine rings is 1. The zero-order valence-corrected chi connectivity index (χ0v) is 14.6. The molecule has 2 aromatic heterocycles. The largest absolute Gasteiger partial charge is 0.508 e. The number of rotatable bonds is 2. The van der Waals surface area contributed by atoms with E-state index in [1.54, 1.807) is 18.5 Å². The highest BCUT2D eigenvalue weighted by Crippen LogP contribution is 2.29. The van der Waals surface area contributed by atoms with Crippen molar-refractivity contribution in [3.63, 3.8) is 0 Å². The van der Waals surface area contributed by atoms with Gasteiger partial charge in [-0.3, -0.25) is 10.00 Å². The molecule has 0 spiro atoms. The number of anilines is 1. The van der Waals surface area contributed by atoms with Gasteiger partial charge < -0.3 is 10.0 Å². The van der Waals surface area contributed by atoms with E-state index in [0.717, 1.165) is 41.2 Å². The molecule has 3 aromatic rings. The maximum atomic E-state index is 9.77. The molecule has 0 saturated carbocycles. The molecule has 7 nitrogen and oxygen atoms in total. The van der Waals surface area contributed by atoms with Crippen LogP contribution in [0.25, 0.3) is 22.3 Å². The van der Waals surface area contributed by atoms with Crippen LogP contribution < -0.4 is 4.90 Å². The van der Waals surface area contributed by atoms with Gasteiger partial charge in [0.2, 0.25) is 0 Å². The van der Waals surface area contributed by atoms with E-state index in [-0.39, 0.29) is 5.75 Å². The third-order valence-corrected chi connectivity index (χ3v) is 5.13. The number of aromatic hydroxyl groups is 1. The average Bonchev–Trinajstić information content (AvgIpc) is 3.02. The van der Waals surface area contributed by atoms with Crippen LogP contribution in [0.3, 0.4) is 0 Å². The SMILES string of the molecule is C[C@@H]1CN(c2cc(-c3n[nH]c4ccc(O)cc34)ncn2)C[C@H](C)N1C. The third kappa shape index (κ3) is 2.80. The van der Waals surface area contributed by atoms with Gasteiger partial charge in [0.25, 0.3) is 0 Å². The zero-order valence-electron chi connectivity index (χ0n) is 14.6. The summed E-state index contributed by atoms with van der Waals surface area (Å²) in [6.45, 7) is 6.32. The Balaban J connectivity index is 1.71. The van der Waals surface area contributed by atoms with Gasteiger partial charge in [0.05, 0.1) is 11.2 Å². The smallest absolute Gasteiger partial charge is 0.132 e. The van der Waals surface area contributed by atoms with Crippen LogP contribution in [-0.2, 0) is 0 Å². The lowest BCUT2D eigenvalue weighted by Gasteiger charge is -2.42. The molecule has 3 heterocycles. The number of phenolic OH excluding ortho intramolecular Hbond substituents is 1. The van der Waals surface area contributed by atoms with Crippen molar-refractivity contribution >= 4 is 16.7 Å². The van der Waals surface area contributed by atoms with Gasteiger partial charge in [-0.15, -0.1) is 0 Å². The highest BCUT2D eigenvalue weighted by Gasteiger charge is 2.27. The number of hydrogen-bond acceptors (Lipinski definition) is 6. The summed E-state index contributed by atoms with van der Waals surface area (Å²) in [7, 11) is 2.17. The van der Waals surface area contributed by atoms with Crippen molar-refractivity contribution in [3.8, 4) is 17.1 Å². The van der Waals surface area contributed by atoms with E-state index < -0.39 is 0 Å². The molecule has 0 radical (unpaired) electrons. The van der Waals surface area contributed by atoms with Crippen molar-refractivity contribution < 1.29 is 5.11 Å². The maximum absolute atomic E-state index is 9.77. The molecule has 0 bridgehead atoms. The van der Waals surface area contributed by atoms with Gasteiger partial charge in [0.15, 0.2) is 0 Å². The minimum Gasteiger partial charge on any atom is -0.508 e. The molecule has 0 aliphatic carbocycles. The summed E-state index contributed by atoms with van der Waals surface area (Å²) < 4.78 is 0. The summed E-state index contributed by atoms with van der Waals surface area (Å²) in [5, 5.41) is 18.0. The number of fused-ring (bicyclic) bond motifs is 1. The van der Waals surface area contributed by atoms with Crippen LogP contribution in [0.15, 0.2) is 30.6 Å². The van der Waals surface area contributed by atoms with Gasteiger partial charge in [-0.25, -0.2) is 9.97 Å². The Kier molecular flexibility index (Phi) is 3.80. The molecular formula is C18H22N6O. The second-order valence-electron chi connectivity index (χ2n) is 6.83. The Bertz CT molecular complexity index is 895. The van der Waals surface area contributed by atoms with E-state index in [1.807, 2.05) is 12.1 Å². The number of H-pyrrole nitrogens is 1. The van der Waals surface area contributed by atoms with Crippen LogP contribution in [0.2, 0.25) is 0 Å². The normalized spacial score (nSPS) is 21.8. The lowest BCUT2D eigenvalue weighted by atomic mass is 10.1. The van der Waals surface area contributed by atoms with Crippen molar-refractivity contribution in [2.45, 2.75) is 25.9 Å². The van der Waals surface area contributed by atoms with E-state index in [2.05, 4.69) is 50.9 Å². The fraction of sp³-hybridized carbons (Fsp3) is 0.389. The van der Waals surface area contributed by atoms with Crippen LogP contribution >= 0.6 is 0 Å². The lowest BCUT2D eigenvalue weighted by molar-refractivity contribution is 0.169. The van der Waals surface area contributed by atoms with E-state index in [0.29, 0.717) is 12.1 Å². The molecule has 2 N–H and O–H groups in total. The average molecular weight is 338 g/mol. The predicted octanol–water partition coefficient (Wildman–Crippen LogP) is 2.25. The molecule has 1 fully saturated rings. The topological polar surface area (TPSA) is 81.2 Å². The highest BCUT2D eigenvalue weighted by atomic mass is 16.3. The maximum Gasteiger partial charge on any atom is 0.132 e. The molecule has 1 saturated heterocycles. The van der Waals surface area contributed by atoms with E-state index in [1.165, 1.54) is 0 Å². The standard InChI is InChI=1S/C18H22N6O/c1-11-8-24(9-12(2)23(11)3)17-7-16(19-10-20-17)18-14-6-13(25)4-5-15(14)21-22-18/h4-7,10-12,25H,8-9H2,1-3H3,(H,21,22)/t11-,12+. The molecule has 25 heavy (non-hydrogen) atoms. The van der Waals surface area contributed by atoms with Crippen molar-refractivity contribution in [2.75, 3.05) is 25.0 Å². The molecule has 1 aliphatic rings. The summed E-state index contributed by atoms with van der Waals surface area (Å²) in [4.78, 5) is 13.6. The van der Waals surface area contributed by atoms with Gasteiger partial charge >= 0.3 is 0 Å². The van der Waals surface area contributed by atoms with Gasteiger partial charge in [0.1, 0.15) is 23.6 Å². The minimum absolute atomic E-state index is 0.214. The molecule has 0 unspecified atom stereocenters. The molecule has 1 aliphatic heterocycles. The second kappa shape index (κ2) is 6.00. The van der Waals surface area contributed by atoms with Gasteiger partial charge in [-0.1, -0.05) is 0 Å². The Hall–Kier alpha value is -2.67. The van der Waals surface area contributed by atoms with Gasteiger partial charge in [-0.2, -0.15) is 5.10 Å². The zero-order chi connectivity index (χ0) is 17.6. The second-order valence-corrected chi connectivity index (χ2v) is 6.83. The van der Waals surface area contributed by atoms with Crippen molar-refractivity contribution in [3.05, 3.63) is 30.6 Å². The monoisotopic (exact) mass is 338 g/mol. The number of phenols is 1. The first-order chi connectivity index (χ1) is 12.0. The Labute approximate surface area is 146 Å². The highest BCUT2D eigenvalue weighted by molar-refractivity contribution is 5.93. The molecule has 4 rings (SSSR count). The minimum atomic E-state index is 0.214. The Morgan fingerprint density at radius 3 is 2.64 bits per heavy atom. The van der Waals surface area contributed by atoms with E-state index >= 15 is 0 Å². The third-order valence-electron chi connectivity index (χ3n) is 5.13. The first-order valence-electron chi connectivity index (χ1n) is 8.49. The molecule has 1 aromatic carbocycles. The number of likely N-dealkylation sites (N-methyl/N-ethyl adjacent to an activating group) is 1.